The molecule has 0 aromatic carbocycles. The normalized spacial score (nSPS) is 13.7. The van der Waals surface area contributed by atoms with Crippen LogP contribution in [0.1, 0.15) is 458 Å². The first-order chi connectivity index (χ1) is 50.2. The van der Waals surface area contributed by atoms with Crippen LogP contribution in [0, 0.1) is 0 Å². The number of hydrogen-bond acceptors (Lipinski definition) is 15. The number of carbonyl (C=O) groups excluding carboxylic acids is 4. The molecule has 0 radical (unpaired) electrons. The van der Waals surface area contributed by atoms with Crippen molar-refractivity contribution in [3.63, 3.8) is 0 Å². The minimum absolute atomic E-state index is 0.108. The molecule has 3 N–H and O–H groups in total. The van der Waals surface area contributed by atoms with Gasteiger partial charge in [0.2, 0.25) is 0 Å². The molecule has 0 saturated heterocycles. The van der Waals surface area contributed by atoms with Crippen molar-refractivity contribution in [3.05, 3.63) is 0 Å². The van der Waals surface area contributed by atoms with Gasteiger partial charge in [-0.1, -0.05) is 407 Å². The van der Waals surface area contributed by atoms with Crippen LogP contribution in [-0.4, -0.2) is 96.7 Å². The molecule has 0 heterocycles. The van der Waals surface area contributed by atoms with Crippen LogP contribution >= 0.6 is 15.6 Å². The summed E-state index contributed by atoms with van der Waals surface area (Å²) >= 11 is 0. The number of ether oxygens (including phenoxy) is 4. The minimum atomic E-state index is -4.96. The number of unbranched alkanes of at least 4 members (excludes halogenated alkanes) is 59. The maximum atomic E-state index is 13.1. The smallest absolute Gasteiger partial charge is 0.462 e. The second kappa shape index (κ2) is 78.2. The predicted octanol–water partition coefficient (Wildman–Crippen LogP) is 25.7. The van der Waals surface area contributed by atoms with Gasteiger partial charge < -0.3 is 33.8 Å². The second-order valence-corrected chi connectivity index (χ2v) is 33.1. The van der Waals surface area contributed by atoms with Gasteiger partial charge >= 0.3 is 39.5 Å². The van der Waals surface area contributed by atoms with Crippen molar-refractivity contribution in [2.24, 2.45) is 0 Å². The van der Waals surface area contributed by atoms with Crippen LogP contribution in [0.15, 0.2) is 0 Å². The van der Waals surface area contributed by atoms with E-state index in [-0.39, 0.29) is 25.7 Å². The van der Waals surface area contributed by atoms with Crippen molar-refractivity contribution in [1.29, 1.82) is 0 Å². The Morgan fingerprint density at radius 2 is 0.388 bits per heavy atom. The van der Waals surface area contributed by atoms with Gasteiger partial charge in [-0.2, -0.15) is 0 Å². The fraction of sp³-hybridized carbons (Fsp3) is 0.952. The molecule has 0 aliphatic rings. The molecule has 0 aromatic heterocycles. The molecule has 0 rings (SSSR count). The highest BCUT2D eigenvalue weighted by Gasteiger charge is 2.30. The van der Waals surface area contributed by atoms with Crippen LogP contribution in [0.4, 0.5) is 0 Å². The molecule has 103 heavy (non-hydrogen) atoms. The molecule has 19 heteroatoms. The Balaban J connectivity index is 5.10. The molecule has 0 spiro atoms. The number of aliphatic hydroxyl groups excluding tert-OH is 1. The summed E-state index contributed by atoms with van der Waals surface area (Å²) in [4.78, 5) is 72.8. The summed E-state index contributed by atoms with van der Waals surface area (Å²) < 4.78 is 68.6. The lowest BCUT2D eigenvalue weighted by atomic mass is 10.0. The second-order valence-electron chi connectivity index (χ2n) is 30.2. The monoisotopic (exact) mass is 1510 g/mol. The number of esters is 4. The van der Waals surface area contributed by atoms with E-state index in [0.717, 1.165) is 96.3 Å². The first-order valence-corrected chi connectivity index (χ1v) is 46.8. The van der Waals surface area contributed by atoms with Crippen molar-refractivity contribution < 1.29 is 80.2 Å². The molecule has 612 valence electrons. The molecule has 0 bridgehead atoms. The highest BCUT2D eigenvalue weighted by atomic mass is 31.2. The predicted molar refractivity (Wildman–Crippen MR) is 423 cm³/mol. The number of phosphoric acid groups is 2. The SMILES string of the molecule is CCCCCCCCCCCCCCCCCCCCCCCCC(=O)O[C@H](COC(=O)CCCCCCCCCCCCCCCCCCCCC)COP(=O)(O)OC[C@@H](O)COP(=O)(O)OC[C@@H](COC(=O)CCCCCCC)OC(=O)CCCCCCCCCCCCCCCCCCC. The standard InChI is InChI=1S/C84H164O17P2/c1-5-9-13-17-20-23-26-29-32-35-37-38-39-41-44-47-50-53-56-59-63-67-71-84(89)101-80(75-95-82(87)69-65-61-57-54-51-48-45-43-40-36-33-30-27-24-21-18-14-10-6-2)77-99-103(92,93)97-73-78(85)72-96-102(90,91)98-76-79(74-94-81(86)68-64-60-16-12-8-4)100-83(88)70-66-62-58-55-52-49-46-42-34-31-28-25-22-19-15-11-7-3/h78-80,85H,5-77H2,1-4H3,(H,90,91)(H,92,93)/t78-,79+,80+/m0/s1. The van der Waals surface area contributed by atoms with Crippen molar-refractivity contribution in [3.8, 4) is 0 Å². The van der Waals surface area contributed by atoms with E-state index in [9.17, 15) is 43.2 Å². The van der Waals surface area contributed by atoms with E-state index in [1.807, 2.05) is 0 Å². The summed E-state index contributed by atoms with van der Waals surface area (Å²) in [5.74, 6) is -2.11. The van der Waals surface area contributed by atoms with Crippen LogP contribution in [0.3, 0.4) is 0 Å². The quantitative estimate of drug-likeness (QED) is 0.0222. The molecule has 0 amide bonds. The summed E-state index contributed by atoms with van der Waals surface area (Å²) in [5.41, 5.74) is 0. The van der Waals surface area contributed by atoms with Crippen LogP contribution < -0.4 is 0 Å². The number of phosphoric ester groups is 2. The first kappa shape index (κ1) is 101. The third-order valence-electron chi connectivity index (χ3n) is 19.9. The van der Waals surface area contributed by atoms with Crippen molar-refractivity contribution in [1.82, 2.24) is 0 Å². The van der Waals surface area contributed by atoms with Crippen LogP contribution in [0.5, 0.6) is 0 Å². The van der Waals surface area contributed by atoms with Crippen molar-refractivity contribution >= 4 is 39.5 Å². The third kappa shape index (κ3) is 78.0. The number of rotatable bonds is 85. The lowest BCUT2D eigenvalue weighted by Crippen LogP contribution is -2.30. The number of carbonyl (C=O) groups is 4. The zero-order chi connectivity index (χ0) is 75.3. The van der Waals surface area contributed by atoms with Crippen molar-refractivity contribution in [2.45, 2.75) is 476 Å². The first-order valence-electron chi connectivity index (χ1n) is 43.8. The molecule has 0 aromatic rings. The lowest BCUT2D eigenvalue weighted by molar-refractivity contribution is -0.161. The Morgan fingerprint density at radius 1 is 0.233 bits per heavy atom. The molecule has 17 nitrogen and oxygen atoms in total. The summed E-state index contributed by atoms with van der Waals surface area (Å²) in [6, 6.07) is 0. The van der Waals surface area contributed by atoms with E-state index in [0.29, 0.717) is 25.7 Å². The number of hydrogen-bond donors (Lipinski definition) is 3. The summed E-state index contributed by atoms with van der Waals surface area (Å²) in [5, 5.41) is 10.6. The molecule has 0 saturated carbocycles. The van der Waals surface area contributed by atoms with E-state index in [2.05, 4.69) is 27.7 Å². The zero-order valence-corrected chi connectivity index (χ0v) is 69.1. The van der Waals surface area contributed by atoms with Crippen LogP contribution in [0.2, 0.25) is 0 Å². The highest BCUT2D eigenvalue weighted by Crippen LogP contribution is 2.45. The third-order valence-corrected chi connectivity index (χ3v) is 21.8. The van der Waals surface area contributed by atoms with Gasteiger partial charge in [0, 0.05) is 25.7 Å². The van der Waals surface area contributed by atoms with Gasteiger partial charge in [0.1, 0.15) is 19.3 Å². The van der Waals surface area contributed by atoms with E-state index in [1.54, 1.807) is 0 Å². The Bertz CT molecular complexity index is 1950. The van der Waals surface area contributed by atoms with E-state index < -0.39 is 97.5 Å². The lowest BCUT2D eigenvalue weighted by Gasteiger charge is -2.21. The molecular formula is C84H164O17P2. The molecular weight excluding hydrogens is 1340 g/mol. The number of aliphatic hydroxyl groups is 1. The Labute approximate surface area is 632 Å². The highest BCUT2D eigenvalue weighted by molar-refractivity contribution is 7.47. The van der Waals surface area contributed by atoms with E-state index in [4.69, 9.17) is 37.0 Å². The largest absolute Gasteiger partial charge is 0.472 e. The van der Waals surface area contributed by atoms with Crippen LogP contribution in [-0.2, 0) is 65.4 Å². The van der Waals surface area contributed by atoms with Gasteiger partial charge in [0.15, 0.2) is 12.2 Å². The Morgan fingerprint density at radius 3 is 0.573 bits per heavy atom. The van der Waals surface area contributed by atoms with Gasteiger partial charge in [0.05, 0.1) is 26.4 Å². The average Bonchev–Trinajstić information content (AvgIpc) is 0.948. The average molecular weight is 1510 g/mol. The summed E-state index contributed by atoms with van der Waals surface area (Å²) in [7, 11) is -9.91. The summed E-state index contributed by atoms with van der Waals surface area (Å²) in [6.45, 7) is 4.95. The fourth-order valence-corrected chi connectivity index (χ4v) is 14.7. The fourth-order valence-electron chi connectivity index (χ4n) is 13.2. The van der Waals surface area contributed by atoms with Gasteiger partial charge in [-0.3, -0.25) is 37.3 Å². The molecule has 0 aliphatic carbocycles. The zero-order valence-electron chi connectivity index (χ0n) is 67.3. The topological polar surface area (TPSA) is 237 Å². The maximum Gasteiger partial charge on any atom is 0.472 e. The maximum absolute atomic E-state index is 13.1. The van der Waals surface area contributed by atoms with Gasteiger partial charge in [0.25, 0.3) is 0 Å². The minimum Gasteiger partial charge on any atom is -0.462 e. The Kier molecular flexibility index (Phi) is 76.7. The van der Waals surface area contributed by atoms with Gasteiger partial charge in [-0.05, 0) is 25.7 Å². The summed E-state index contributed by atoms with van der Waals surface area (Å²) in [6.07, 6.45) is 72.8. The van der Waals surface area contributed by atoms with Gasteiger partial charge in [-0.25, -0.2) is 9.13 Å². The molecule has 5 atom stereocenters. The van der Waals surface area contributed by atoms with Gasteiger partial charge in [-0.15, -0.1) is 0 Å². The molecule has 0 fully saturated rings. The van der Waals surface area contributed by atoms with E-state index >= 15 is 0 Å². The Hall–Kier alpha value is -1.94. The molecule has 0 aliphatic heterocycles. The van der Waals surface area contributed by atoms with E-state index in [1.165, 1.54) is 283 Å². The van der Waals surface area contributed by atoms with Crippen LogP contribution in [0.25, 0.3) is 0 Å². The van der Waals surface area contributed by atoms with Crippen molar-refractivity contribution in [2.75, 3.05) is 39.6 Å². The molecule has 2 unspecified atom stereocenters.